The Morgan fingerprint density at radius 2 is 0.797 bits per heavy atom. The predicted molar refractivity (Wildman–Crippen MR) is 610 cm³/mol. The van der Waals surface area contributed by atoms with E-state index in [1.54, 1.807) is 104 Å². The number of thiocarbonyl (C=S) groups is 2. The molecule has 9 aromatic heterocycles. The maximum atomic E-state index is 11.0. The summed E-state index contributed by atoms with van der Waals surface area (Å²) in [5.74, 6) is 11.1. The van der Waals surface area contributed by atoms with Crippen LogP contribution in [0.4, 0.5) is 39.8 Å². The molecule has 22 N–H and O–H groups in total. The third-order valence-electron chi connectivity index (χ3n) is 13.7. The topological polar surface area (TPSA) is 761 Å². The van der Waals surface area contributed by atoms with Crippen molar-refractivity contribution in [1.29, 1.82) is 5.26 Å². The van der Waals surface area contributed by atoms with Gasteiger partial charge in [-0.05, 0) is 150 Å². The van der Waals surface area contributed by atoms with Crippen molar-refractivity contribution in [3.05, 3.63) is 308 Å². The average molecular weight is 2420 g/mol. The minimum Gasteiger partial charge on any atom is -0.507 e. The van der Waals surface area contributed by atoms with E-state index in [9.17, 15) is 70.4 Å². The fraction of sp³-hybridized carbons (Fsp3) is 0.0141. The number of anilines is 2. The van der Waals surface area contributed by atoms with Gasteiger partial charge in [0.1, 0.15) is 45.4 Å². The predicted octanol–water partition coefficient (Wildman–Crippen LogP) is 27.5. The first-order valence-corrected chi connectivity index (χ1v) is 37.5. The van der Waals surface area contributed by atoms with Gasteiger partial charge in [0.15, 0.2) is 69.2 Å². The Balaban J connectivity index is -0.0000000250. The van der Waals surface area contributed by atoms with Crippen LogP contribution >= 0.6 is 104 Å². The minimum atomic E-state index is -0.633. The first kappa shape index (κ1) is 41.5. The lowest BCUT2D eigenvalue weighted by Crippen LogP contribution is -2.18. The summed E-state index contributed by atoms with van der Waals surface area (Å²) in [6.45, 7) is 1.68. The van der Waals surface area contributed by atoms with Crippen LogP contribution in [0, 0.1) is 61.9 Å². The van der Waals surface area contributed by atoms with Crippen LogP contribution < -0.4 is 46.1 Å². The molecule has 0 aliphatic heterocycles. The molecule has 0 unspecified atom stereocenters. The van der Waals surface area contributed by atoms with E-state index in [0.717, 1.165) is 17.9 Å². The van der Waals surface area contributed by atoms with Crippen molar-refractivity contribution >= 4 is 178 Å². The first-order valence-electron chi connectivity index (χ1n) is 93.7. The van der Waals surface area contributed by atoms with Gasteiger partial charge in [0.05, 0.1) is 63.2 Å². The number of amidine groups is 2. The van der Waals surface area contributed by atoms with Gasteiger partial charge in [-0.1, -0.05) is 88.2 Å². The number of pyridine rings is 7. The number of H-pyrrole nitrogens is 2. The molecule has 0 amide bonds. The molecule has 760 valence electrons. The SMILES string of the molecule is CC(N)=S.N#Cc1ncccc1[N+](=O)[O-].N/N=C(\N)c1ncccc1N.N/N=C(\N)c1ncccc1[N+](=O)[O-].NC(=S)c1ncccc1[N+](=O)[O-].Nc1cccnc1-c1nc(-c2cc(Br)ccc2O)n[nH]1.O=Cc1cc(Br)ccc1O.O=Cc1cc(Br)ccc1O.O=[N+]([O-])c1cccnc1-c1nc(-c2cc(Br)ccc2O)n[nH]1.O=[N+]([O-])c1cccnc1Br.[3HH].[3HH].[3HH].[3H][3H].[3H][3H].[3H][3H].[3H][3H].[3H][3H].[3H][3H].[3H][3H].[3H][3H].[3H][3H].[3H][3H].[3H][3H].[3H][3H].[3H][3H].[3H][3H].[3H][3H].[3H][3H].[3H][3H].[3H][3H].[3H][3H].[3H][3H].[3H][3H].[3H][3H].[3H][3H].[3H][3H].[3H][3H].[3H][3H].[3H][3H].[3H][3H].[3H][3H].[3H][3H].[3H][3H].[3H][3H].[3H][3H].[3H][3H].[3H][3H].[3H][3H].[3H][3H].[3H][3H].[3H][3H].[3H][3H].[3H][3H].[3H][3H].[3H][3H].[3H][3H].[3H][3H].[3H][3H].[3H][3H].[3H][3H].[3H][3H].[3H][3H].[3H][3H].[3H][3H].[3H][3H].[3H][3H].[3H][3H].[3H][3H].[3H][3H].[3H][3H].[3H][3H].[3H][3H].[3H][3H]. The minimum absolute atomic E-state index is 0. The number of nitro groups is 5. The third kappa shape index (κ3) is 32.4. The van der Waals surface area contributed by atoms with E-state index in [4.69, 9.17) is 243 Å². The summed E-state index contributed by atoms with van der Waals surface area (Å²) in [5.41, 5.74) is 34.7. The number of nitrogens with one attached hydrogen (secondary N) is 2. The summed E-state index contributed by atoms with van der Waals surface area (Å²) in [5, 5.41) is 118. The molecule has 0 atom stereocenters. The summed E-state index contributed by atoms with van der Waals surface area (Å²) in [6.07, 6.45) is 11.5. The molecule has 0 aliphatic rings. The Morgan fingerprint density at radius 3 is 1.16 bits per heavy atom. The molecule has 45 nitrogen and oxygen atoms in total. The maximum absolute atomic E-state index is 11.0. The standard InChI is InChI=1S/C13H8BrN5O3.C13H10BrN5O.2C7H5BrO2.C6H7N5O2.C6H9N5.C6H5N3O2S.C6H3N3O2.C5H3BrN2O2.C2H5NS.64H2/c14-7-3-4-10(20)8(6-7)12-16-13(18-17-12)11-9(19(21)22)2-1-5-15-11;14-7-3-4-10(20)8(6-7)12-17-13(19-18-12)11-9(15)2-1-5-16-11;2*8-6-1-2-7(10)5(3-6)4-9;7-6(10-8)5-4(11(12)13)2-1-3-9-5;7-4-2-1-3-10-5(4)6(8)11-9;7-6(12)5-4(9(10)11)2-1-3-8-5;7-4-5-6(9(10)11)2-1-3-8-5;6-5-4(8(9)10)2-1-3-7-5;1-2(3)4;;;;;;;;;;;;;;;;;;;;;;;;;;;;;;;;;;;;;;;;;;;;;;;;;;;;;;;;;;;;;;;;/h1-6,20H,(H,16,17,18);1-6,20H,15H2,(H,17,18,19);2*1-4,10H;1-3H,8H2,(H2,7,10);1-3H,7,9H2,(H2,8,11);1-3H,(H2,7,12);1-3H;1-3H;1H3,(H2,3,4);64*1H/i;;;;;;;;;;61*1+2T;3*1+2. The molecule has 0 aliphatic carbocycles. The van der Waals surface area contributed by atoms with Gasteiger partial charge < -0.3 is 66.5 Å². The van der Waals surface area contributed by atoms with Crippen molar-refractivity contribution in [2.45, 2.75) is 6.92 Å². The quantitative estimate of drug-likeness (QED) is 0.00703. The number of phenols is 4. The lowest BCUT2D eigenvalue weighted by Gasteiger charge is -2.00. The van der Waals surface area contributed by atoms with Gasteiger partial charge in [0.25, 0.3) is 17.1 Å². The molecule has 0 bridgehead atoms. The monoisotopic (exact) mass is 2410 g/mol. The Kier molecular flexibility index (Phi) is 17.2. The molecule has 0 saturated carbocycles. The van der Waals surface area contributed by atoms with Crippen LogP contribution in [0.3, 0.4) is 0 Å². The summed E-state index contributed by atoms with van der Waals surface area (Å²) in [6, 6.07) is 41.6. The Hall–Kier alpha value is -15.4. The molecule has 13 aromatic rings. The number of benzene rings is 4. The van der Waals surface area contributed by atoms with Crippen molar-refractivity contribution in [3.63, 3.8) is 0 Å². The summed E-state index contributed by atoms with van der Waals surface area (Å²) < 4.78 is 613. The van der Waals surface area contributed by atoms with Crippen molar-refractivity contribution in [1.82, 2.24) is 65.3 Å². The molecule has 0 saturated heterocycles. The number of nitrogens with zero attached hydrogens (tertiary/aromatic N) is 19. The van der Waals surface area contributed by atoms with E-state index >= 15 is 0 Å². The van der Waals surface area contributed by atoms with Crippen LogP contribution in [0.25, 0.3) is 45.8 Å². The second-order valence-electron chi connectivity index (χ2n) is 22.1. The van der Waals surface area contributed by atoms with Crippen LogP contribution in [0.1, 0.15) is 236 Å². The molecule has 0 radical (unpaired) electrons. The highest BCUT2D eigenvalue weighted by Gasteiger charge is 2.23. The van der Waals surface area contributed by atoms with E-state index in [2.05, 4.69) is 180 Å². The average Bonchev–Trinajstić information content (AvgIpc) is 1.67. The normalized spacial score (nSPS) is 14.0. The zero-order valence-electron chi connectivity index (χ0n) is 184. The number of hydrazone groups is 2. The first-order chi connectivity index (χ1) is 119. The zero-order valence-corrected chi connectivity index (χ0v) is 71.8. The van der Waals surface area contributed by atoms with E-state index in [1.165, 1.54) is 110 Å². The lowest BCUT2D eigenvalue weighted by atomic mass is 10.2. The Morgan fingerprint density at radius 1 is 0.463 bits per heavy atom. The number of aldehydes is 2. The summed E-state index contributed by atoms with van der Waals surface area (Å²) in [4.78, 5) is 105. The van der Waals surface area contributed by atoms with Crippen molar-refractivity contribution in [2.24, 2.45) is 44.8 Å². The van der Waals surface area contributed by atoms with E-state index in [0.29, 0.717) is 74.2 Å². The lowest BCUT2D eigenvalue weighted by molar-refractivity contribution is -0.386. The van der Waals surface area contributed by atoms with Crippen molar-refractivity contribution in [3.8, 4) is 74.9 Å². The zero-order chi connectivity index (χ0) is 214. The number of nitrogen functional groups attached to an aromatic ring is 2. The number of aromatic amines is 2. The highest BCUT2D eigenvalue weighted by Crippen LogP contribution is 2.34. The van der Waals surface area contributed by atoms with Crippen LogP contribution in [0.5, 0.6) is 23.0 Å². The fourth-order valence-corrected chi connectivity index (χ4v) is 10.3. The fourth-order valence-electron chi connectivity index (χ4n) is 8.31. The van der Waals surface area contributed by atoms with Crippen LogP contribution in [-0.2, 0) is 0 Å². The molecule has 123 heavy (non-hydrogen) atoms. The van der Waals surface area contributed by atoms with Gasteiger partial charge in [-0.25, -0.2) is 34.9 Å². The largest absolute Gasteiger partial charge is 0.507 e. The van der Waals surface area contributed by atoms with Gasteiger partial charge >= 0.3 is 11.4 Å². The highest BCUT2D eigenvalue weighted by atomic mass is 79.9. The van der Waals surface area contributed by atoms with Crippen LogP contribution in [0.15, 0.2) is 234 Å². The second kappa shape index (κ2) is 51.0. The van der Waals surface area contributed by atoms with Gasteiger partial charge in [-0.15, -0.1) is 0 Å². The third-order valence-corrected chi connectivity index (χ3v) is 16.5. The molecular weight excluding hydrogens is 1980 g/mol. The number of hydrogen-bond acceptors (Lipinski definition) is 36. The van der Waals surface area contributed by atoms with Gasteiger partial charge in [-0.3, -0.25) is 80.3 Å². The molecule has 0 fully saturated rings. The number of aromatic hydroxyl groups is 4. The summed E-state index contributed by atoms with van der Waals surface area (Å²) in [7, 11) is 0. The second-order valence-corrected chi connectivity index (χ2v) is 27.6. The van der Waals surface area contributed by atoms with E-state index < -0.39 is 24.6 Å². The molecule has 13 rings (SSSR count). The Bertz CT molecular complexity index is 6190. The molecular formula is C71H188Br5N29O16S2. The number of carbonyl (C=O) groups is 2. The number of carbonyl (C=O) groups excluding carboxylic acids is 2. The van der Waals surface area contributed by atoms with E-state index in [1.807, 2.05) is 0 Å². The number of aromatic nitrogens is 13. The van der Waals surface area contributed by atoms with Gasteiger partial charge in [0.2, 0.25) is 5.69 Å². The van der Waals surface area contributed by atoms with Gasteiger partial charge in [-0.2, -0.15) is 25.7 Å². The number of nitrogens with two attached hydrogens (primary N) is 8. The number of rotatable bonds is 14. The van der Waals surface area contributed by atoms with Crippen molar-refractivity contribution < 1.29 is 240 Å². The number of halogens is 5. The summed E-state index contributed by atoms with van der Waals surface area (Å²) >= 11 is 24.8. The number of phenolic OH excluding ortho intramolecular Hbond substituents is 4. The molecule has 0 spiro atoms. The van der Waals surface area contributed by atoms with Crippen LogP contribution in [0.2, 0.25) is 0 Å². The Labute approximate surface area is 936 Å². The molecule has 9 heterocycles. The van der Waals surface area contributed by atoms with Crippen LogP contribution in [-0.4, -0.2) is 145 Å². The molecule has 4 aromatic carbocycles. The maximum Gasteiger partial charge on any atom is 0.305 e. The van der Waals surface area contributed by atoms with E-state index in [-0.39, 0.29) is 111 Å². The van der Waals surface area contributed by atoms with Crippen molar-refractivity contribution in [2.75, 3.05) is 11.5 Å². The van der Waals surface area contributed by atoms with Gasteiger partial charge in [0, 0.05) is 277 Å². The molecule has 52 heteroatoms. The smallest absolute Gasteiger partial charge is 0.305 e. The highest BCUT2D eigenvalue weighted by molar-refractivity contribution is 9.11. The number of hydrogen-bond donors (Lipinski definition) is 14. The number of nitriles is 1.